The van der Waals surface area contributed by atoms with E-state index in [1.54, 1.807) is 0 Å². The van der Waals surface area contributed by atoms with E-state index in [1.807, 2.05) is 0 Å². The molecule has 12 heteroatoms. The molecule has 25 heavy (non-hydrogen) atoms. The lowest BCUT2D eigenvalue weighted by molar-refractivity contribution is -0.137. The number of alkyl halides is 3. The molecule has 1 fully saturated rings. The van der Waals surface area contributed by atoms with Crippen molar-refractivity contribution in [1.82, 2.24) is 19.2 Å². The zero-order chi connectivity index (χ0) is 18.4. The van der Waals surface area contributed by atoms with Gasteiger partial charge in [0.1, 0.15) is 11.4 Å². The van der Waals surface area contributed by atoms with Gasteiger partial charge in [0, 0.05) is 12.2 Å². The van der Waals surface area contributed by atoms with Crippen molar-refractivity contribution >= 4 is 27.5 Å². The van der Waals surface area contributed by atoms with Gasteiger partial charge in [-0.25, -0.2) is 13.4 Å². The molecule has 0 amide bonds. The zero-order valence-corrected chi connectivity index (χ0v) is 14.1. The fraction of sp³-hybridized carbons (Fsp3) is 0.462. The lowest BCUT2D eigenvalue weighted by atomic mass is 10.3. The summed E-state index contributed by atoms with van der Waals surface area (Å²) in [7, 11) is -3.58. The Morgan fingerprint density at radius 2 is 1.96 bits per heavy atom. The number of hydrogen-bond acceptors (Lipinski definition) is 7. The zero-order valence-electron chi connectivity index (χ0n) is 13.3. The van der Waals surface area contributed by atoms with Crippen molar-refractivity contribution < 1.29 is 21.6 Å². The third kappa shape index (κ3) is 3.83. The maximum absolute atomic E-state index is 13.1. The molecule has 0 radical (unpaired) electrons. The van der Waals surface area contributed by atoms with Gasteiger partial charge >= 0.3 is 6.18 Å². The fourth-order valence-corrected chi connectivity index (χ4v) is 2.97. The van der Waals surface area contributed by atoms with E-state index in [9.17, 15) is 21.6 Å². The van der Waals surface area contributed by atoms with Gasteiger partial charge in [0.25, 0.3) is 10.0 Å². The molecule has 0 spiro atoms. The van der Waals surface area contributed by atoms with Crippen LogP contribution in [0.4, 0.5) is 30.6 Å². The van der Waals surface area contributed by atoms with E-state index in [4.69, 9.17) is 0 Å². The van der Waals surface area contributed by atoms with Crippen molar-refractivity contribution in [3.8, 4) is 0 Å². The molecule has 0 saturated heterocycles. The second-order valence-corrected chi connectivity index (χ2v) is 7.56. The molecule has 0 aromatic carbocycles. The smallest absolute Gasteiger partial charge is 0.367 e. The predicted molar refractivity (Wildman–Crippen MR) is 84.2 cm³/mol. The highest BCUT2D eigenvalue weighted by Crippen LogP contribution is 2.36. The standard InChI is InChI=1S/C13H15F3N6O2S/c1-7-10(6-18-22(7)25(2,23)24)20-12-17-5-9(13(14,15)16)11(21-12)19-8-3-4-8/h5-6,8H,3-4H2,1-2H3,(H2,17,19,20,21). The predicted octanol–water partition coefficient (Wildman–Crippen LogP) is 2.13. The molecule has 2 aromatic rings. The van der Waals surface area contributed by atoms with Crippen molar-refractivity contribution in [1.29, 1.82) is 0 Å². The van der Waals surface area contributed by atoms with Crippen LogP contribution >= 0.6 is 0 Å². The molecule has 0 unspecified atom stereocenters. The molecule has 0 aliphatic heterocycles. The van der Waals surface area contributed by atoms with Gasteiger partial charge in [-0.15, -0.1) is 0 Å². The Bertz CT molecular complexity index is 905. The van der Waals surface area contributed by atoms with Crippen LogP contribution in [0.15, 0.2) is 12.4 Å². The van der Waals surface area contributed by atoms with Crippen LogP contribution in [0.25, 0.3) is 0 Å². The Kier molecular flexibility index (Phi) is 4.09. The summed E-state index contributed by atoms with van der Waals surface area (Å²) < 4.78 is 63.1. The average molecular weight is 376 g/mol. The largest absolute Gasteiger partial charge is 0.421 e. The maximum atomic E-state index is 13.1. The number of hydrogen-bond donors (Lipinski definition) is 2. The number of halogens is 3. The lowest BCUT2D eigenvalue weighted by Crippen LogP contribution is -2.15. The van der Waals surface area contributed by atoms with Gasteiger partial charge in [-0.3, -0.25) is 0 Å². The Morgan fingerprint density at radius 3 is 2.48 bits per heavy atom. The molecule has 1 aliphatic carbocycles. The summed E-state index contributed by atoms with van der Waals surface area (Å²) >= 11 is 0. The molecular formula is C13H15F3N6O2S. The fourth-order valence-electron chi connectivity index (χ4n) is 2.15. The van der Waals surface area contributed by atoms with E-state index in [0.717, 1.165) is 23.2 Å². The summed E-state index contributed by atoms with van der Waals surface area (Å²) in [5, 5.41) is 9.17. The van der Waals surface area contributed by atoms with Crippen LogP contribution in [-0.4, -0.2) is 39.9 Å². The molecule has 2 N–H and O–H groups in total. The SMILES string of the molecule is Cc1c(Nc2ncc(C(F)(F)F)c(NC3CC3)n2)cnn1S(C)(=O)=O. The number of aromatic nitrogens is 4. The van der Waals surface area contributed by atoms with Crippen LogP contribution in [0.1, 0.15) is 24.1 Å². The van der Waals surface area contributed by atoms with E-state index < -0.39 is 21.8 Å². The lowest BCUT2D eigenvalue weighted by Gasteiger charge is -2.14. The van der Waals surface area contributed by atoms with Crippen molar-refractivity contribution in [3.05, 3.63) is 23.7 Å². The molecule has 8 nitrogen and oxygen atoms in total. The van der Waals surface area contributed by atoms with Gasteiger partial charge in [-0.2, -0.15) is 27.3 Å². The first kappa shape index (κ1) is 17.5. The minimum absolute atomic E-state index is 0.0291. The number of anilines is 3. The van der Waals surface area contributed by atoms with Gasteiger partial charge in [0.05, 0.1) is 23.8 Å². The second-order valence-electron chi connectivity index (χ2n) is 5.75. The normalized spacial score (nSPS) is 15.2. The number of nitrogens with zero attached hydrogens (tertiary/aromatic N) is 4. The molecular weight excluding hydrogens is 361 g/mol. The Balaban J connectivity index is 1.92. The summed E-state index contributed by atoms with van der Waals surface area (Å²) in [4.78, 5) is 7.56. The van der Waals surface area contributed by atoms with Crippen LogP contribution < -0.4 is 10.6 Å². The highest BCUT2D eigenvalue weighted by molar-refractivity contribution is 7.89. The quantitative estimate of drug-likeness (QED) is 0.824. The molecule has 136 valence electrons. The van der Waals surface area contributed by atoms with Crippen LogP contribution in [-0.2, 0) is 16.2 Å². The van der Waals surface area contributed by atoms with Gasteiger partial charge < -0.3 is 10.6 Å². The van der Waals surface area contributed by atoms with E-state index >= 15 is 0 Å². The van der Waals surface area contributed by atoms with Crippen molar-refractivity contribution in [2.45, 2.75) is 32.0 Å². The first-order valence-electron chi connectivity index (χ1n) is 7.28. The van der Waals surface area contributed by atoms with Crippen molar-refractivity contribution in [2.24, 2.45) is 0 Å². The summed E-state index contributed by atoms with van der Waals surface area (Å²) in [5.41, 5.74) is -0.404. The molecule has 0 atom stereocenters. The third-order valence-corrected chi connectivity index (χ3v) is 4.54. The molecule has 2 aromatic heterocycles. The van der Waals surface area contributed by atoms with Crippen LogP contribution in [0.3, 0.4) is 0 Å². The molecule has 2 heterocycles. The van der Waals surface area contributed by atoms with Crippen LogP contribution in [0.5, 0.6) is 0 Å². The number of nitrogens with one attached hydrogen (secondary N) is 2. The monoisotopic (exact) mass is 376 g/mol. The summed E-state index contributed by atoms with van der Waals surface area (Å²) in [6.45, 7) is 1.50. The molecule has 1 saturated carbocycles. The second kappa shape index (κ2) is 5.86. The third-order valence-electron chi connectivity index (χ3n) is 3.54. The van der Waals surface area contributed by atoms with Crippen molar-refractivity contribution in [3.63, 3.8) is 0 Å². The van der Waals surface area contributed by atoms with E-state index in [1.165, 1.54) is 13.1 Å². The molecule has 3 rings (SSSR count). The van der Waals surface area contributed by atoms with Crippen molar-refractivity contribution in [2.75, 3.05) is 16.9 Å². The topological polar surface area (TPSA) is 102 Å². The Labute approximate surface area is 141 Å². The van der Waals surface area contributed by atoms with Gasteiger partial charge in [0.15, 0.2) is 0 Å². The Hall–Kier alpha value is -2.37. The first-order valence-corrected chi connectivity index (χ1v) is 9.13. The Morgan fingerprint density at radius 1 is 1.28 bits per heavy atom. The van der Waals surface area contributed by atoms with Crippen LogP contribution in [0, 0.1) is 6.92 Å². The van der Waals surface area contributed by atoms with Crippen LogP contribution in [0.2, 0.25) is 0 Å². The number of rotatable bonds is 5. The first-order chi connectivity index (χ1) is 11.6. The minimum Gasteiger partial charge on any atom is -0.367 e. The molecule has 1 aliphatic rings. The van der Waals surface area contributed by atoms with E-state index in [2.05, 4.69) is 25.7 Å². The van der Waals surface area contributed by atoms with Gasteiger partial charge in [0.2, 0.25) is 5.95 Å². The highest BCUT2D eigenvalue weighted by Gasteiger charge is 2.37. The highest BCUT2D eigenvalue weighted by atomic mass is 32.2. The average Bonchev–Trinajstić information content (AvgIpc) is 3.20. The summed E-state index contributed by atoms with van der Waals surface area (Å²) in [6.07, 6.45) is -0.0910. The summed E-state index contributed by atoms with van der Waals surface area (Å²) in [5.74, 6) is -0.395. The van der Waals surface area contributed by atoms with Gasteiger partial charge in [-0.05, 0) is 19.8 Å². The minimum atomic E-state index is -4.58. The summed E-state index contributed by atoms with van der Waals surface area (Å²) in [6, 6.07) is -0.0291. The van der Waals surface area contributed by atoms with E-state index in [-0.39, 0.29) is 29.2 Å². The molecule has 0 bridgehead atoms. The maximum Gasteiger partial charge on any atom is 0.421 e. The van der Waals surface area contributed by atoms with E-state index in [0.29, 0.717) is 6.20 Å². The van der Waals surface area contributed by atoms with Gasteiger partial charge in [-0.1, -0.05) is 0 Å².